The molecule has 0 aliphatic rings. The maximum absolute atomic E-state index is 13.0. The molecule has 3 rings (SSSR count). The van der Waals surface area contributed by atoms with Crippen LogP contribution in [-0.2, 0) is 25.8 Å². The van der Waals surface area contributed by atoms with E-state index in [2.05, 4.69) is 9.44 Å². The molecule has 0 unspecified atom stereocenters. The van der Waals surface area contributed by atoms with Crippen molar-refractivity contribution in [3.8, 4) is 0 Å². The number of benzene rings is 3. The maximum Gasteiger partial charge on any atom is 0.261 e. The van der Waals surface area contributed by atoms with Crippen molar-refractivity contribution in [2.45, 2.75) is 10.6 Å². The van der Waals surface area contributed by atoms with Crippen LogP contribution in [0.25, 0.3) is 0 Å². The van der Waals surface area contributed by atoms with Gasteiger partial charge >= 0.3 is 0 Å². The third kappa shape index (κ3) is 5.63. The molecule has 0 saturated heterocycles. The molecule has 0 aliphatic heterocycles. The molecule has 0 aromatic heterocycles. The van der Waals surface area contributed by atoms with Crippen LogP contribution >= 0.6 is 23.2 Å². The Morgan fingerprint density at radius 3 is 1.80 bits per heavy atom. The summed E-state index contributed by atoms with van der Waals surface area (Å²) >= 11 is 12.0. The average molecular weight is 489 g/mol. The largest absolute Gasteiger partial charge is 0.283 e. The summed E-state index contributed by atoms with van der Waals surface area (Å²) in [6.07, 6.45) is 0. The Hall–Kier alpha value is -2.33. The zero-order valence-corrected chi connectivity index (χ0v) is 18.3. The molecule has 0 amide bonds. The summed E-state index contributed by atoms with van der Waals surface area (Å²) in [6.45, 7) is 0. The van der Waals surface area contributed by atoms with Gasteiger partial charge in [-0.3, -0.25) is 9.44 Å². The Morgan fingerprint density at radius 1 is 0.733 bits per heavy atom. The summed E-state index contributed by atoms with van der Waals surface area (Å²) in [5.41, 5.74) is 0.618. The lowest BCUT2D eigenvalue weighted by Crippen LogP contribution is -2.16. The Balaban J connectivity index is 1.74. The Labute approximate surface area is 183 Å². The molecule has 30 heavy (non-hydrogen) atoms. The molecule has 2 N–H and O–H groups in total. The van der Waals surface area contributed by atoms with Crippen LogP contribution in [0.3, 0.4) is 0 Å². The highest BCUT2D eigenvalue weighted by Crippen LogP contribution is 2.27. The van der Waals surface area contributed by atoms with E-state index in [4.69, 9.17) is 23.2 Å². The Bertz CT molecular complexity index is 1240. The molecular formula is C19H15Cl2FN2O4S2. The molecule has 6 nitrogen and oxygen atoms in total. The fourth-order valence-corrected chi connectivity index (χ4v) is 5.52. The molecule has 3 aromatic rings. The molecular weight excluding hydrogens is 474 g/mol. The Kier molecular flexibility index (Phi) is 6.56. The standard InChI is InChI=1S/C19H15Cl2FN2O4S2/c20-18-2-1-3-19(21)17(18)12-29(25,26)23-14-8-10-16(11-9-14)30(27,28)24-15-6-4-13(22)5-7-15/h1-11,23-24H,12H2. The van der Waals surface area contributed by atoms with Crippen molar-refractivity contribution in [2.24, 2.45) is 0 Å². The van der Waals surface area contributed by atoms with Gasteiger partial charge in [-0.1, -0.05) is 29.3 Å². The van der Waals surface area contributed by atoms with Gasteiger partial charge < -0.3 is 0 Å². The van der Waals surface area contributed by atoms with Crippen molar-refractivity contribution in [1.82, 2.24) is 0 Å². The zero-order valence-electron chi connectivity index (χ0n) is 15.1. The molecule has 0 heterocycles. The molecule has 0 radical (unpaired) electrons. The van der Waals surface area contributed by atoms with Crippen molar-refractivity contribution in [3.05, 3.63) is 88.2 Å². The van der Waals surface area contributed by atoms with E-state index >= 15 is 0 Å². The number of hydrogen-bond donors (Lipinski definition) is 2. The van der Waals surface area contributed by atoms with Crippen molar-refractivity contribution < 1.29 is 21.2 Å². The highest BCUT2D eigenvalue weighted by atomic mass is 35.5. The third-order valence-corrected chi connectivity index (χ3v) is 7.25. The first-order valence-electron chi connectivity index (χ1n) is 8.37. The first-order chi connectivity index (χ1) is 14.1. The van der Waals surface area contributed by atoms with E-state index in [1.54, 1.807) is 6.07 Å². The SMILES string of the molecule is O=S(=O)(Cc1c(Cl)cccc1Cl)Nc1ccc(S(=O)(=O)Nc2ccc(F)cc2)cc1. The van der Waals surface area contributed by atoms with Crippen molar-refractivity contribution in [3.63, 3.8) is 0 Å². The second-order valence-corrected chi connectivity index (χ2v) is 10.4. The summed E-state index contributed by atoms with van der Waals surface area (Å²) in [7, 11) is -7.78. The summed E-state index contributed by atoms with van der Waals surface area (Å²) in [4.78, 5) is -0.0936. The van der Waals surface area contributed by atoms with Gasteiger partial charge in [0.15, 0.2) is 0 Å². The van der Waals surface area contributed by atoms with Gasteiger partial charge in [0.2, 0.25) is 10.0 Å². The topological polar surface area (TPSA) is 92.3 Å². The number of nitrogens with one attached hydrogen (secondary N) is 2. The van der Waals surface area contributed by atoms with Crippen LogP contribution in [0, 0.1) is 5.82 Å². The van der Waals surface area contributed by atoms with Crippen LogP contribution in [0.15, 0.2) is 71.6 Å². The first-order valence-corrected chi connectivity index (χ1v) is 12.3. The number of anilines is 2. The molecule has 0 atom stereocenters. The maximum atomic E-state index is 13.0. The Morgan fingerprint density at radius 2 is 1.23 bits per heavy atom. The summed E-state index contributed by atoms with van der Waals surface area (Å²) in [6, 6.07) is 14.6. The van der Waals surface area contributed by atoms with Gasteiger partial charge in [-0.2, -0.15) is 0 Å². The molecule has 0 aliphatic carbocycles. The quantitative estimate of drug-likeness (QED) is 0.495. The minimum atomic E-state index is -3.93. The van der Waals surface area contributed by atoms with E-state index < -0.39 is 31.6 Å². The normalized spacial score (nSPS) is 11.8. The molecule has 0 fully saturated rings. The number of sulfonamides is 2. The monoisotopic (exact) mass is 488 g/mol. The molecule has 3 aromatic carbocycles. The predicted octanol–water partition coefficient (Wildman–Crippen LogP) is 4.88. The number of halogens is 3. The van der Waals surface area contributed by atoms with E-state index in [0.29, 0.717) is 0 Å². The van der Waals surface area contributed by atoms with Gasteiger partial charge in [0, 0.05) is 27.0 Å². The fourth-order valence-electron chi connectivity index (χ4n) is 2.51. The third-order valence-electron chi connectivity index (χ3n) is 3.93. The highest BCUT2D eigenvalue weighted by Gasteiger charge is 2.18. The van der Waals surface area contributed by atoms with Crippen molar-refractivity contribution >= 4 is 54.6 Å². The summed E-state index contributed by atoms with van der Waals surface area (Å²) in [5.74, 6) is -0.940. The second kappa shape index (κ2) is 8.81. The van der Waals surface area contributed by atoms with Crippen LogP contribution in [0.2, 0.25) is 10.0 Å². The van der Waals surface area contributed by atoms with E-state index in [9.17, 15) is 21.2 Å². The van der Waals surface area contributed by atoms with Crippen molar-refractivity contribution in [1.29, 1.82) is 0 Å². The lowest BCUT2D eigenvalue weighted by atomic mass is 10.2. The van der Waals surface area contributed by atoms with E-state index in [-0.39, 0.29) is 31.9 Å². The molecule has 11 heteroatoms. The number of hydrogen-bond acceptors (Lipinski definition) is 4. The van der Waals surface area contributed by atoms with Crippen LogP contribution in [0.4, 0.5) is 15.8 Å². The van der Waals surface area contributed by atoms with Gasteiger partial charge in [-0.05, 0) is 60.7 Å². The number of rotatable bonds is 7. The zero-order chi connectivity index (χ0) is 21.9. The minimum absolute atomic E-state index is 0.0936. The molecule has 158 valence electrons. The smallest absolute Gasteiger partial charge is 0.261 e. The van der Waals surface area contributed by atoms with E-state index in [1.165, 1.54) is 48.5 Å². The lowest BCUT2D eigenvalue weighted by Gasteiger charge is -2.12. The van der Waals surface area contributed by atoms with E-state index in [1.807, 2.05) is 0 Å². The van der Waals surface area contributed by atoms with Gasteiger partial charge in [-0.25, -0.2) is 21.2 Å². The minimum Gasteiger partial charge on any atom is -0.283 e. The van der Waals surface area contributed by atoms with Crippen molar-refractivity contribution in [2.75, 3.05) is 9.44 Å². The predicted molar refractivity (Wildman–Crippen MR) is 116 cm³/mol. The summed E-state index contributed by atoms with van der Waals surface area (Å²) in [5, 5.41) is 0.447. The van der Waals surface area contributed by atoms with Gasteiger partial charge in [-0.15, -0.1) is 0 Å². The van der Waals surface area contributed by atoms with Crippen LogP contribution in [0.5, 0.6) is 0 Å². The van der Waals surface area contributed by atoms with Crippen LogP contribution in [0.1, 0.15) is 5.56 Å². The molecule has 0 bridgehead atoms. The second-order valence-electron chi connectivity index (χ2n) is 6.20. The fraction of sp³-hybridized carbons (Fsp3) is 0.0526. The highest BCUT2D eigenvalue weighted by molar-refractivity contribution is 7.92. The first kappa shape index (κ1) is 22.4. The average Bonchev–Trinajstić information content (AvgIpc) is 2.67. The van der Waals surface area contributed by atoms with Gasteiger partial charge in [0.25, 0.3) is 10.0 Å². The lowest BCUT2D eigenvalue weighted by molar-refractivity contribution is 0.599. The van der Waals surface area contributed by atoms with Crippen LogP contribution < -0.4 is 9.44 Å². The van der Waals surface area contributed by atoms with E-state index in [0.717, 1.165) is 12.1 Å². The van der Waals surface area contributed by atoms with Crippen LogP contribution in [-0.4, -0.2) is 16.8 Å². The molecule has 0 spiro atoms. The van der Waals surface area contributed by atoms with Gasteiger partial charge in [0.1, 0.15) is 5.82 Å². The van der Waals surface area contributed by atoms with Gasteiger partial charge in [0.05, 0.1) is 10.6 Å². The summed E-state index contributed by atoms with van der Waals surface area (Å²) < 4.78 is 67.3. The molecule has 0 saturated carbocycles.